The lowest BCUT2D eigenvalue weighted by atomic mass is 10.1. The highest BCUT2D eigenvalue weighted by Gasteiger charge is 2.12. The van der Waals surface area contributed by atoms with E-state index in [1.807, 2.05) is 11.8 Å². The number of hydrogen-bond donors (Lipinski definition) is 1. The lowest BCUT2D eigenvalue weighted by molar-refractivity contribution is 0.817. The van der Waals surface area contributed by atoms with Gasteiger partial charge in [-0.15, -0.1) is 0 Å². The molecule has 0 aromatic heterocycles. The van der Waals surface area contributed by atoms with Crippen molar-refractivity contribution in [1.29, 1.82) is 0 Å². The van der Waals surface area contributed by atoms with Gasteiger partial charge in [0.1, 0.15) is 0 Å². The Morgan fingerprint density at radius 3 is 3.00 bits per heavy atom. The third kappa shape index (κ3) is 2.40. The fourth-order valence-corrected chi connectivity index (χ4v) is 2.81. The van der Waals surface area contributed by atoms with E-state index in [9.17, 15) is 0 Å². The van der Waals surface area contributed by atoms with Gasteiger partial charge in [-0.2, -0.15) is 11.8 Å². The number of aryl methyl sites for hydroxylation is 1. The Labute approximate surface area is 95.8 Å². The summed E-state index contributed by atoms with van der Waals surface area (Å²) in [5, 5.41) is 0. The van der Waals surface area contributed by atoms with Crippen molar-refractivity contribution < 1.29 is 0 Å². The number of hydrogen-bond acceptors (Lipinski definition) is 3. The van der Waals surface area contributed by atoms with Gasteiger partial charge in [-0.3, -0.25) is 0 Å². The van der Waals surface area contributed by atoms with E-state index in [2.05, 4.69) is 30.0 Å². The summed E-state index contributed by atoms with van der Waals surface area (Å²) in [6.07, 6.45) is 1.26. The minimum atomic E-state index is 0.949. The zero-order chi connectivity index (χ0) is 10.7. The zero-order valence-electron chi connectivity index (χ0n) is 9.20. The molecule has 0 unspecified atom stereocenters. The van der Waals surface area contributed by atoms with Crippen molar-refractivity contribution in [2.75, 3.05) is 35.2 Å². The lowest BCUT2D eigenvalue weighted by Crippen LogP contribution is -2.26. The van der Waals surface area contributed by atoms with Crippen molar-refractivity contribution in [3.8, 4) is 0 Å². The van der Waals surface area contributed by atoms with Crippen molar-refractivity contribution in [2.24, 2.45) is 0 Å². The number of para-hydroxylation sites is 1. The van der Waals surface area contributed by atoms with Gasteiger partial charge in [0, 0.05) is 18.8 Å². The molecule has 0 aliphatic carbocycles. The van der Waals surface area contributed by atoms with Crippen LogP contribution >= 0.6 is 11.8 Å². The van der Waals surface area contributed by atoms with Crippen molar-refractivity contribution in [1.82, 2.24) is 0 Å². The number of thioether (sulfide) groups is 1. The molecule has 0 bridgehead atoms. The van der Waals surface area contributed by atoms with Crippen molar-refractivity contribution in [2.45, 2.75) is 13.3 Å². The average molecular weight is 222 g/mol. The topological polar surface area (TPSA) is 29.3 Å². The molecule has 1 aromatic rings. The van der Waals surface area contributed by atoms with Crippen molar-refractivity contribution in [3.63, 3.8) is 0 Å². The number of nitrogens with zero attached hydrogens (tertiary/aromatic N) is 1. The molecule has 1 aliphatic heterocycles. The summed E-state index contributed by atoms with van der Waals surface area (Å²) >= 11 is 2.04. The second kappa shape index (κ2) is 4.79. The van der Waals surface area contributed by atoms with Crippen LogP contribution in [-0.2, 0) is 0 Å². The fraction of sp³-hybridized carbons (Fsp3) is 0.500. The monoisotopic (exact) mass is 222 g/mol. The van der Waals surface area contributed by atoms with Crippen LogP contribution in [0.5, 0.6) is 0 Å². The number of rotatable bonds is 1. The van der Waals surface area contributed by atoms with Crippen LogP contribution in [0.15, 0.2) is 18.2 Å². The molecule has 1 fully saturated rings. The summed E-state index contributed by atoms with van der Waals surface area (Å²) in [4.78, 5) is 2.42. The maximum atomic E-state index is 6.12. The minimum absolute atomic E-state index is 0.949. The van der Waals surface area contributed by atoms with Gasteiger partial charge in [0.05, 0.1) is 11.4 Å². The molecule has 0 atom stereocenters. The number of anilines is 2. The van der Waals surface area contributed by atoms with Crippen LogP contribution in [0.2, 0.25) is 0 Å². The maximum absolute atomic E-state index is 6.12. The molecule has 2 N–H and O–H groups in total. The predicted molar refractivity (Wildman–Crippen MR) is 69.7 cm³/mol. The van der Waals surface area contributed by atoms with Crippen molar-refractivity contribution in [3.05, 3.63) is 23.8 Å². The van der Waals surface area contributed by atoms with E-state index < -0.39 is 0 Å². The Hall–Kier alpha value is -0.830. The van der Waals surface area contributed by atoms with Crippen molar-refractivity contribution >= 4 is 23.1 Å². The Bertz CT molecular complexity index is 330. The molecule has 1 aromatic carbocycles. The third-order valence-corrected chi connectivity index (χ3v) is 3.91. The van der Waals surface area contributed by atoms with Gasteiger partial charge >= 0.3 is 0 Å². The highest BCUT2D eigenvalue weighted by Crippen LogP contribution is 2.27. The lowest BCUT2D eigenvalue weighted by Gasteiger charge is -2.24. The van der Waals surface area contributed by atoms with Gasteiger partial charge in [-0.25, -0.2) is 0 Å². The second-order valence-electron chi connectivity index (χ2n) is 3.96. The zero-order valence-corrected chi connectivity index (χ0v) is 10.0. The first kappa shape index (κ1) is 10.7. The van der Waals surface area contributed by atoms with Gasteiger partial charge in [-0.1, -0.05) is 12.1 Å². The van der Waals surface area contributed by atoms with Crippen LogP contribution < -0.4 is 10.6 Å². The van der Waals surface area contributed by atoms with Gasteiger partial charge in [0.25, 0.3) is 0 Å². The largest absolute Gasteiger partial charge is 0.397 e. The molecule has 1 aliphatic rings. The Kier molecular flexibility index (Phi) is 3.41. The normalized spacial score (nSPS) is 17.5. The highest BCUT2D eigenvalue weighted by molar-refractivity contribution is 7.99. The predicted octanol–water partition coefficient (Wildman–Crippen LogP) is 2.52. The molecular formula is C12H18N2S. The molecule has 82 valence electrons. The summed E-state index contributed by atoms with van der Waals surface area (Å²) in [5.41, 5.74) is 9.47. The van der Waals surface area contributed by atoms with E-state index in [4.69, 9.17) is 5.73 Å². The first-order chi connectivity index (χ1) is 7.29. The van der Waals surface area contributed by atoms with Crippen LogP contribution in [-0.4, -0.2) is 24.6 Å². The van der Waals surface area contributed by atoms with E-state index in [0.29, 0.717) is 0 Å². The van der Waals surface area contributed by atoms with Crippen LogP contribution in [0, 0.1) is 6.92 Å². The first-order valence-corrected chi connectivity index (χ1v) is 6.62. The second-order valence-corrected chi connectivity index (χ2v) is 5.19. The minimum Gasteiger partial charge on any atom is -0.397 e. The quantitative estimate of drug-likeness (QED) is 0.740. The molecular weight excluding hydrogens is 204 g/mol. The molecule has 3 heteroatoms. The summed E-state index contributed by atoms with van der Waals surface area (Å²) in [7, 11) is 0. The van der Waals surface area contributed by atoms with E-state index in [1.165, 1.54) is 29.2 Å². The van der Waals surface area contributed by atoms with Crippen LogP contribution in [0.25, 0.3) is 0 Å². The Balaban J connectivity index is 2.23. The van der Waals surface area contributed by atoms with Gasteiger partial charge in [0.2, 0.25) is 0 Å². The van der Waals surface area contributed by atoms with Gasteiger partial charge in [0.15, 0.2) is 0 Å². The van der Waals surface area contributed by atoms with Gasteiger partial charge < -0.3 is 10.6 Å². The molecule has 0 saturated carbocycles. The van der Waals surface area contributed by atoms with E-state index in [1.54, 1.807) is 0 Å². The summed E-state index contributed by atoms with van der Waals surface area (Å²) in [5.74, 6) is 2.50. The number of benzene rings is 1. The molecule has 1 saturated heterocycles. The number of nitrogens with two attached hydrogens (primary N) is 1. The van der Waals surface area contributed by atoms with Crippen LogP contribution in [0.3, 0.4) is 0 Å². The van der Waals surface area contributed by atoms with E-state index >= 15 is 0 Å². The highest BCUT2D eigenvalue weighted by atomic mass is 32.2. The Morgan fingerprint density at radius 2 is 2.13 bits per heavy atom. The standard InChI is InChI=1S/C12H18N2S/c1-10-4-2-5-11(12(10)13)14-6-3-8-15-9-7-14/h2,4-5H,3,6-9,13H2,1H3. The third-order valence-electron chi connectivity index (χ3n) is 2.86. The molecule has 0 radical (unpaired) electrons. The average Bonchev–Trinajstić information content (AvgIpc) is 2.50. The molecule has 0 spiro atoms. The van der Waals surface area contributed by atoms with Crippen LogP contribution in [0.1, 0.15) is 12.0 Å². The summed E-state index contributed by atoms with van der Waals surface area (Å²) in [6, 6.07) is 6.31. The molecule has 15 heavy (non-hydrogen) atoms. The van der Waals surface area contributed by atoms with Gasteiger partial charge in [-0.05, 0) is 30.7 Å². The first-order valence-electron chi connectivity index (χ1n) is 5.47. The summed E-state index contributed by atoms with van der Waals surface area (Å²) < 4.78 is 0. The molecule has 0 amide bonds. The van der Waals surface area contributed by atoms with E-state index in [0.717, 1.165) is 18.8 Å². The summed E-state index contributed by atoms with van der Waals surface area (Å²) in [6.45, 7) is 4.34. The maximum Gasteiger partial charge on any atom is 0.0602 e. The fourth-order valence-electron chi connectivity index (χ4n) is 1.93. The smallest absolute Gasteiger partial charge is 0.0602 e. The molecule has 2 rings (SSSR count). The molecule has 2 nitrogen and oxygen atoms in total. The SMILES string of the molecule is Cc1cccc(N2CCCSCC2)c1N. The Morgan fingerprint density at radius 1 is 1.27 bits per heavy atom. The van der Waals surface area contributed by atoms with Crippen LogP contribution in [0.4, 0.5) is 11.4 Å². The number of nitrogen functional groups attached to an aromatic ring is 1. The molecule has 1 heterocycles. The van der Waals surface area contributed by atoms with E-state index in [-0.39, 0.29) is 0 Å².